The molecule has 0 atom stereocenters. The van der Waals surface area contributed by atoms with Crippen LogP contribution in [0.3, 0.4) is 0 Å². The highest BCUT2D eigenvalue weighted by Crippen LogP contribution is 2.20. The third-order valence-corrected chi connectivity index (χ3v) is 1.77. The molecule has 0 aliphatic heterocycles. The van der Waals surface area contributed by atoms with Crippen molar-refractivity contribution in [2.75, 3.05) is 0 Å². The maximum atomic E-state index is 5.59. The zero-order chi connectivity index (χ0) is 6.85. The molecular weight excluding hydrogens is 177 g/mol. The van der Waals surface area contributed by atoms with Gasteiger partial charge >= 0.3 is 0 Å². The van der Waals surface area contributed by atoms with Gasteiger partial charge in [0, 0.05) is 6.20 Å². The zero-order valence-electron chi connectivity index (χ0n) is 4.31. The van der Waals surface area contributed by atoms with Crippen LogP contribution in [0.5, 0.6) is 0 Å². The molecule has 1 nitrogen and oxygen atoms in total. The molecule has 0 spiro atoms. The molecule has 0 aliphatic rings. The Hall–Kier alpha value is 0.0800. The van der Waals surface area contributed by atoms with E-state index in [1.807, 2.05) is 0 Å². The Morgan fingerprint density at radius 3 is 2.56 bits per heavy atom. The van der Waals surface area contributed by atoms with Gasteiger partial charge in [-0.05, 0) is 6.07 Å². The lowest BCUT2D eigenvalue weighted by Crippen LogP contribution is -1.75. The van der Waals surface area contributed by atoms with Gasteiger partial charge in [0.2, 0.25) is 0 Å². The summed E-state index contributed by atoms with van der Waals surface area (Å²) in [5.41, 5.74) is 0. The Morgan fingerprint density at radius 1 is 1.44 bits per heavy atom. The smallest absolute Gasteiger partial charge is 0.112 e. The van der Waals surface area contributed by atoms with E-state index >= 15 is 0 Å². The van der Waals surface area contributed by atoms with Crippen LogP contribution in [-0.4, -0.2) is 4.98 Å². The van der Waals surface area contributed by atoms with Crippen molar-refractivity contribution in [2.45, 2.75) is 5.03 Å². The second-order valence-corrected chi connectivity index (χ2v) is 2.73. The minimum atomic E-state index is 0.478. The van der Waals surface area contributed by atoms with Gasteiger partial charge in [-0.15, -0.1) is 12.6 Å². The molecule has 0 bridgehead atoms. The molecule has 0 amide bonds. The van der Waals surface area contributed by atoms with Gasteiger partial charge in [0.15, 0.2) is 0 Å². The molecule has 1 rings (SSSR count). The second-order valence-electron chi connectivity index (χ2n) is 1.46. The second kappa shape index (κ2) is 2.78. The first kappa shape index (κ1) is 7.19. The lowest BCUT2D eigenvalue weighted by molar-refractivity contribution is 1.14. The fourth-order valence-electron chi connectivity index (χ4n) is 0.407. The highest BCUT2D eigenvalue weighted by molar-refractivity contribution is 7.80. The summed E-state index contributed by atoms with van der Waals surface area (Å²) in [6.07, 6.45) is 1.50. The number of halogens is 2. The van der Waals surface area contributed by atoms with Crippen LogP contribution in [0.2, 0.25) is 10.0 Å². The average molecular weight is 180 g/mol. The van der Waals surface area contributed by atoms with E-state index in [0.29, 0.717) is 15.1 Å². The van der Waals surface area contributed by atoms with Gasteiger partial charge in [0.1, 0.15) is 5.03 Å². The first-order chi connectivity index (χ1) is 4.20. The molecular formula is C5H3Cl2NS. The predicted molar refractivity (Wildman–Crippen MR) is 41.5 cm³/mol. The highest BCUT2D eigenvalue weighted by atomic mass is 35.5. The number of nitrogens with zero attached hydrogens (tertiary/aromatic N) is 1. The summed E-state index contributed by atoms with van der Waals surface area (Å²) in [5, 5.41) is 1.50. The summed E-state index contributed by atoms with van der Waals surface area (Å²) < 4.78 is 0. The van der Waals surface area contributed by atoms with Crippen LogP contribution in [0.15, 0.2) is 17.3 Å². The number of rotatable bonds is 0. The van der Waals surface area contributed by atoms with Crippen LogP contribution in [-0.2, 0) is 0 Å². The third-order valence-electron chi connectivity index (χ3n) is 0.788. The van der Waals surface area contributed by atoms with Crippen molar-refractivity contribution in [2.24, 2.45) is 0 Å². The molecule has 0 saturated carbocycles. The van der Waals surface area contributed by atoms with Crippen LogP contribution < -0.4 is 0 Å². The number of hydrogen-bond donors (Lipinski definition) is 1. The largest absolute Gasteiger partial charge is 0.247 e. The van der Waals surface area contributed by atoms with Crippen molar-refractivity contribution in [3.63, 3.8) is 0 Å². The van der Waals surface area contributed by atoms with Gasteiger partial charge in [-0.2, -0.15) is 0 Å². The average Bonchev–Trinajstić information content (AvgIpc) is 1.80. The van der Waals surface area contributed by atoms with E-state index in [1.54, 1.807) is 6.07 Å². The molecule has 1 aromatic heterocycles. The van der Waals surface area contributed by atoms with E-state index in [2.05, 4.69) is 17.6 Å². The number of aromatic nitrogens is 1. The molecule has 0 radical (unpaired) electrons. The van der Waals surface area contributed by atoms with E-state index in [0.717, 1.165) is 0 Å². The highest BCUT2D eigenvalue weighted by Gasteiger charge is 1.95. The fraction of sp³-hybridized carbons (Fsp3) is 0. The van der Waals surface area contributed by atoms with E-state index in [9.17, 15) is 0 Å². The Labute approximate surface area is 68.4 Å². The summed E-state index contributed by atoms with van der Waals surface area (Å²) >= 11 is 15.1. The minimum absolute atomic E-state index is 0.478. The van der Waals surface area contributed by atoms with Gasteiger partial charge in [-0.3, -0.25) is 0 Å². The van der Waals surface area contributed by atoms with Crippen LogP contribution in [0.25, 0.3) is 0 Å². The quantitative estimate of drug-likeness (QED) is 0.605. The molecule has 0 fully saturated rings. The van der Waals surface area contributed by atoms with Crippen molar-refractivity contribution in [1.82, 2.24) is 4.98 Å². The van der Waals surface area contributed by atoms with Gasteiger partial charge in [0.25, 0.3) is 0 Å². The van der Waals surface area contributed by atoms with E-state index < -0.39 is 0 Å². The zero-order valence-corrected chi connectivity index (χ0v) is 6.71. The molecule has 4 heteroatoms. The Bertz CT molecular complexity index is 226. The monoisotopic (exact) mass is 179 g/mol. The molecule has 0 aliphatic carbocycles. The summed E-state index contributed by atoms with van der Waals surface area (Å²) in [6.45, 7) is 0. The SMILES string of the molecule is Sc1ncc(Cl)cc1Cl. The molecule has 0 unspecified atom stereocenters. The normalized spacial score (nSPS) is 9.67. The number of thiol groups is 1. The van der Waals surface area contributed by atoms with E-state index in [-0.39, 0.29) is 0 Å². The van der Waals surface area contributed by atoms with Crippen molar-refractivity contribution < 1.29 is 0 Å². The first-order valence-electron chi connectivity index (χ1n) is 2.20. The molecule has 0 saturated heterocycles. The van der Waals surface area contributed by atoms with Crippen LogP contribution >= 0.6 is 35.8 Å². The van der Waals surface area contributed by atoms with Gasteiger partial charge in [-0.25, -0.2) is 4.98 Å². The molecule has 48 valence electrons. The predicted octanol–water partition coefficient (Wildman–Crippen LogP) is 2.68. The Balaban J connectivity index is 3.17. The molecule has 1 heterocycles. The molecule has 0 aromatic carbocycles. The van der Waals surface area contributed by atoms with E-state index in [4.69, 9.17) is 23.2 Å². The van der Waals surface area contributed by atoms with Crippen molar-refractivity contribution in [3.05, 3.63) is 22.3 Å². The first-order valence-corrected chi connectivity index (χ1v) is 3.40. The van der Waals surface area contributed by atoms with Gasteiger partial charge in [0.05, 0.1) is 10.0 Å². The maximum Gasteiger partial charge on any atom is 0.112 e. The Kier molecular flexibility index (Phi) is 2.22. The van der Waals surface area contributed by atoms with Crippen molar-refractivity contribution in [1.29, 1.82) is 0 Å². The minimum Gasteiger partial charge on any atom is -0.247 e. The van der Waals surface area contributed by atoms with Crippen molar-refractivity contribution >= 4 is 35.8 Å². The topological polar surface area (TPSA) is 12.9 Å². The molecule has 1 aromatic rings. The lowest BCUT2D eigenvalue weighted by atomic mass is 10.5. The third kappa shape index (κ3) is 1.75. The van der Waals surface area contributed by atoms with Crippen LogP contribution in [0.4, 0.5) is 0 Å². The molecule has 0 N–H and O–H groups in total. The van der Waals surface area contributed by atoms with Crippen LogP contribution in [0.1, 0.15) is 0 Å². The van der Waals surface area contributed by atoms with E-state index in [1.165, 1.54) is 6.20 Å². The van der Waals surface area contributed by atoms with Gasteiger partial charge in [-0.1, -0.05) is 23.2 Å². The summed E-state index contributed by atoms with van der Waals surface area (Å²) in [7, 11) is 0. The van der Waals surface area contributed by atoms with Gasteiger partial charge < -0.3 is 0 Å². The fourth-order valence-corrected chi connectivity index (χ4v) is 0.910. The van der Waals surface area contributed by atoms with Crippen LogP contribution in [0, 0.1) is 0 Å². The summed E-state index contributed by atoms with van der Waals surface area (Å²) in [4.78, 5) is 3.78. The number of pyridine rings is 1. The standard InChI is InChI=1S/C5H3Cl2NS/c6-3-1-4(7)5(9)8-2-3/h1-2H,(H,8,9). The number of hydrogen-bond acceptors (Lipinski definition) is 2. The maximum absolute atomic E-state index is 5.59. The summed E-state index contributed by atoms with van der Waals surface area (Å²) in [5.74, 6) is 0. The summed E-state index contributed by atoms with van der Waals surface area (Å²) in [6, 6.07) is 1.60. The Morgan fingerprint density at radius 2 is 2.11 bits per heavy atom. The molecule has 9 heavy (non-hydrogen) atoms. The van der Waals surface area contributed by atoms with Crippen molar-refractivity contribution in [3.8, 4) is 0 Å². The lowest BCUT2D eigenvalue weighted by Gasteiger charge is -1.92.